The molecule has 0 rings (SSSR count). The molecule has 5 heteroatoms. The minimum absolute atomic E-state index is 0.104. The zero-order chi connectivity index (χ0) is 9.28. The van der Waals surface area contributed by atoms with Gasteiger partial charge >= 0.3 is 6.18 Å². The minimum Gasteiger partial charge on any atom is -0.202 e. The molecular weight excluding hydrogens is 167 g/mol. The molecule has 11 heavy (non-hydrogen) atoms. The Labute approximate surface area is 60.7 Å². The number of alkyl halides is 5. The monoisotopic (exact) mass is 174 g/mol. The lowest BCUT2D eigenvalue weighted by Gasteiger charge is -2.09. The van der Waals surface area contributed by atoms with Gasteiger partial charge in [-0.05, 0) is 13.0 Å². The average molecular weight is 174 g/mol. The van der Waals surface area contributed by atoms with Gasteiger partial charge in [-0.25, -0.2) is 8.78 Å². The maximum atomic E-state index is 11.9. The van der Waals surface area contributed by atoms with Crippen LogP contribution in [0.3, 0.4) is 0 Å². The molecule has 0 aliphatic rings. The third-order valence-electron chi connectivity index (χ3n) is 0.917. The van der Waals surface area contributed by atoms with E-state index in [4.69, 9.17) is 0 Å². The van der Waals surface area contributed by atoms with E-state index >= 15 is 0 Å². The molecule has 0 saturated carbocycles. The van der Waals surface area contributed by atoms with Crippen LogP contribution in [0, 0.1) is 0 Å². The second-order valence-electron chi connectivity index (χ2n) is 2.28. The van der Waals surface area contributed by atoms with Gasteiger partial charge < -0.3 is 0 Å². The summed E-state index contributed by atoms with van der Waals surface area (Å²) in [5, 5.41) is 0. The van der Waals surface area contributed by atoms with E-state index in [1.165, 1.54) is 0 Å². The lowest BCUT2D eigenvalue weighted by molar-refractivity contribution is -0.0936. The summed E-state index contributed by atoms with van der Waals surface area (Å²) >= 11 is 0. The molecule has 0 fully saturated rings. The van der Waals surface area contributed by atoms with Crippen molar-refractivity contribution in [2.45, 2.75) is 25.9 Å². The molecule has 0 bridgehead atoms. The maximum absolute atomic E-state index is 11.9. The van der Waals surface area contributed by atoms with E-state index in [-0.39, 0.29) is 6.08 Å². The van der Waals surface area contributed by atoms with Gasteiger partial charge in [0.25, 0.3) is 5.92 Å². The second-order valence-corrected chi connectivity index (χ2v) is 2.28. The molecule has 0 unspecified atom stereocenters. The SMILES string of the molecule is CC(=CC(C)(F)F)C(F)(F)F. The Morgan fingerprint density at radius 3 is 1.55 bits per heavy atom. The highest BCUT2D eigenvalue weighted by molar-refractivity contribution is 5.09. The van der Waals surface area contributed by atoms with Gasteiger partial charge in [0.1, 0.15) is 0 Å². The summed E-state index contributed by atoms with van der Waals surface area (Å²) < 4.78 is 58.6. The molecule has 0 aromatic heterocycles. The Kier molecular flexibility index (Phi) is 2.64. The Hall–Kier alpha value is -0.610. The van der Waals surface area contributed by atoms with Crippen molar-refractivity contribution in [3.63, 3.8) is 0 Å². The maximum Gasteiger partial charge on any atom is 0.412 e. The van der Waals surface area contributed by atoms with Gasteiger partial charge in [-0.1, -0.05) is 0 Å². The first-order valence-corrected chi connectivity index (χ1v) is 2.77. The van der Waals surface area contributed by atoms with E-state index in [0.717, 1.165) is 0 Å². The number of rotatable bonds is 1. The van der Waals surface area contributed by atoms with E-state index in [2.05, 4.69) is 0 Å². The number of hydrogen-bond acceptors (Lipinski definition) is 0. The van der Waals surface area contributed by atoms with Gasteiger partial charge in [-0.15, -0.1) is 0 Å². The third kappa shape index (κ3) is 4.75. The fourth-order valence-corrected chi connectivity index (χ4v) is 0.462. The largest absolute Gasteiger partial charge is 0.412 e. The summed E-state index contributed by atoms with van der Waals surface area (Å²) in [5.41, 5.74) is -1.27. The molecule has 0 heterocycles. The van der Waals surface area contributed by atoms with Gasteiger partial charge in [0, 0.05) is 12.5 Å². The Morgan fingerprint density at radius 1 is 1.09 bits per heavy atom. The molecule has 0 spiro atoms. The normalized spacial score (nSPS) is 15.4. The lowest BCUT2D eigenvalue weighted by atomic mass is 10.2. The molecule has 0 N–H and O–H groups in total. The Balaban J connectivity index is 4.49. The molecule has 0 amide bonds. The molecule has 66 valence electrons. The number of halogens is 5. The van der Waals surface area contributed by atoms with Crippen molar-refractivity contribution in [2.75, 3.05) is 0 Å². The molecule has 0 aliphatic heterocycles. The van der Waals surface area contributed by atoms with E-state index in [1.807, 2.05) is 0 Å². The van der Waals surface area contributed by atoms with Crippen molar-refractivity contribution in [3.05, 3.63) is 11.6 Å². The molecule has 0 aliphatic carbocycles. The molecule has 0 atom stereocenters. The topological polar surface area (TPSA) is 0 Å². The first-order valence-electron chi connectivity index (χ1n) is 2.77. The predicted octanol–water partition coefficient (Wildman–Crippen LogP) is 3.15. The zero-order valence-electron chi connectivity index (χ0n) is 5.97. The van der Waals surface area contributed by atoms with Crippen LogP contribution < -0.4 is 0 Å². The standard InChI is InChI=1S/C6H7F5/c1-4(6(9,10)11)3-5(2,7)8/h3H,1-2H3. The fraction of sp³-hybridized carbons (Fsp3) is 0.667. The summed E-state index contributed by atoms with van der Waals surface area (Å²) in [6, 6.07) is 0. The molecule has 0 nitrogen and oxygen atoms in total. The van der Waals surface area contributed by atoms with E-state index in [9.17, 15) is 22.0 Å². The molecule has 0 radical (unpaired) electrons. The minimum atomic E-state index is -4.65. The first-order chi connectivity index (χ1) is 4.63. The van der Waals surface area contributed by atoms with Crippen LogP contribution in [-0.2, 0) is 0 Å². The van der Waals surface area contributed by atoms with Crippen LogP contribution in [0.2, 0.25) is 0 Å². The van der Waals surface area contributed by atoms with Crippen molar-refractivity contribution >= 4 is 0 Å². The van der Waals surface area contributed by atoms with Crippen molar-refractivity contribution in [1.82, 2.24) is 0 Å². The molecule has 0 aromatic rings. The van der Waals surface area contributed by atoms with Gasteiger partial charge in [-0.3, -0.25) is 0 Å². The number of hydrogen-bond donors (Lipinski definition) is 0. The highest BCUT2D eigenvalue weighted by atomic mass is 19.4. The van der Waals surface area contributed by atoms with Crippen LogP contribution in [-0.4, -0.2) is 12.1 Å². The van der Waals surface area contributed by atoms with E-state index in [1.54, 1.807) is 0 Å². The smallest absolute Gasteiger partial charge is 0.202 e. The Bertz CT molecular complexity index is 159. The highest BCUT2D eigenvalue weighted by Gasteiger charge is 2.33. The lowest BCUT2D eigenvalue weighted by Crippen LogP contribution is -2.14. The van der Waals surface area contributed by atoms with Crippen molar-refractivity contribution in [2.24, 2.45) is 0 Å². The van der Waals surface area contributed by atoms with Crippen LogP contribution in [0.4, 0.5) is 22.0 Å². The van der Waals surface area contributed by atoms with Gasteiger partial charge in [0.2, 0.25) is 0 Å². The molecule has 0 saturated heterocycles. The van der Waals surface area contributed by atoms with Crippen LogP contribution in [0.5, 0.6) is 0 Å². The summed E-state index contributed by atoms with van der Waals surface area (Å²) in [6.07, 6.45) is -4.76. The van der Waals surface area contributed by atoms with Gasteiger partial charge in [0.15, 0.2) is 0 Å². The van der Waals surface area contributed by atoms with Crippen LogP contribution in [0.1, 0.15) is 13.8 Å². The first kappa shape index (κ1) is 10.4. The summed E-state index contributed by atoms with van der Waals surface area (Å²) in [6.45, 7) is 1.01. The van der Waals surface area contributed by atoms with E-state index < -0.39 is 17.7 Å². The van der Waals surface area contributed by atoms with Crippen molar-refractivity contribution < 1.29 is 22.0 Å². The molecular formula is C6H7F5. The van der Waals surface area contributed by atoms with Crippen LogP contribution in [0.25, 0.3) is 0 Å². The zero-order valence-corrected chi connectivity index (χ0v) is 5.97. The summed E-state index contributed by atoms with van der Waals surface area (Å²) in [7, 11) is 0. The highest BCUT2D eigenvalue weighted by Crippen LogP contribution is 2.28. The number of allylic oxidation sites excluding steroid dienone is 2. The molecule has 0 aromatic carbocycles. The van der Waals surface area contributed by atoms with Gasteiger partial charge in [-0.2, -0.15) is 13.2 Å². The average Bonchev–Trinajstić information content (AvgIpc) is 1.56. The van der Waals surface area contributed by atoms with Crippen molar-refractivity contribution in [3.8, 4) is 0 Å². The predicted molar refractivity (Wildman–Crippen MR) is 30.4 cm³/mol. The summed E-state index contributed by atoms with van der Waals surface area (Å²) in [4.78, 5) is 0. The van der Waals surface area contributed by atoms with Crippen molar-refractivity contribution in [1.29, 1.82) is 0 Å². The third-order valence-corrected chi connectivity index (χ3v) is 0.917. The van der Waals surface area contributed by atoms with E-state index in [0.29, 0.717) is 13.8 Å². The van der Waals surface area contributed by atoms with Crippen LogP contribution >= 0.6 is 0 Å². The quantitative estimate of drug-likeness (QED) is 0.423. The Morgan fingerprint density at radius 2 is 1.45 bits per heavy atom. The van der Waals surface area contributed by atoms with Crippen LogP contribution in [0.15, 0.2) is 11.6 Å². The summed E-state index contributed by atoms with van der Waals surface area (Å²) in [5.74, 6) is -3.40. The van der Waals surface area contributed by atoms with Gasteiger partial charge in [0.05, 0.1) is 0 Å². The fourth-order valence-electron chi connectivity index (χ4n) is 0.462. The second kappa shape index (κ2) is 2.79.